The third-order valence-electron chi connectivity index (χ3n) is 6.97. The van der Waals surface area contributed by atoms with E-state index in [-0.39, 0.29) is 5.78 Å². The van der Waals surface area contributed by atoms with Crippen LogP contribution in [0.15, 0.2) is 42.7 Å². The van der Waals surface area contributed by atoms with Gasteiger partial charge >= 0.3 is 0 Å². The van der Waals surface area contributed by atoms with E-state index < -0.39 is 0 Å². The molecule has 0 aliphatic heterocycles. The molecule has 0 saturated heterocycles. The zero-order valence-corrected chi connectivity index (χ0v) is 20.7. The molecule has 1 fully saturated rings. The van der Waals surface area contributed by atoms with E-state index in [1.54, 1.807) is 6.20 Å². The van der Waals surface area contributed by atoms with E-state index >= 15 is 0 Å². The predicted molar refractivity (Wildman–Crippen MR) is 136 cm³/mol. The molecule has 4 aromatic rings. The van der Waals surface area contributed by atoms with E-state index in [2.05, 4.69) is 61.9 Å². The number of hydrogen-bond acceptors (Lipinski definition) is 7. The molecule has 0 atom stereocenters. The summed E-state index contributed by atoms with van der Waals surface area (Å²) in [6.45, 7) is 2.93. The zero-order chi connectivity index (χ0) is 24.7. The van der Waals surface area contributed by atoms with Crippen LogP contribution in [0.3, 0.4) is 0 Å². The second-order valence-corrected chi connectivity index (χ2v) is 9.60. The minimum absolute atomic E-state index is 0.0831. The summed E-state index contributed by atoms with van der Waals surface area (Å²) in [5.74, 6) is 2.39. The maximum atomic E-state index is 13.0. The van der Waals surface area contributed by atoms with Crippen LogP contribution in [0.2, 0.25) is 0 Å². The average Bonchev–Trinajstić information content (AvgIpc) is 3.59. The Kier molecular flexibility index (Phi) is 7.54. The highest BCUT2D eigenvalue weighted by Gasteiger charge is 2.22. The van der Waals surface area contributed by atoms with E-state index in [4.69, 9.17) is 4.98 Å². The highest BCUT2D eigenvalue weighted by Crippen LogP contribution is 2.30. The van der Waals surface area contributed by atoms with Crippen molar-refractivity contribution < 1.29 is 4.79 Å². The number of rotatable bonds is 10. The minimum Gasteiger partial charge on any atom is -0.291 e. The highest BCUT2D eigenvalue weighted by molar-refractivity contribution is 5.92. The second kappa shape index (κ2) is 11.3. The van der Waals surface area contributed by atoms with Crippen molar-refractivity contribution in [3.8, 4) is 22.5 Å². The lowest BCUT2D eigenvalue weighted by Gasteiger charge is -2.19. The number of hydrogen-bond donors (Lipinski definition) is 1. The van der Waals surface area contributed by atoms with E-state index in [1.165, 1.54) is 19.3 Å². The number of benzene rings is 1. The van der Waals surface area contributed by atoms with Crippen molar-refractivity contribution in [2.75, 3.05) is 0 Å². The second-order valence-electron chi connectivity index (χ2n) is 9.60. The fraction of sp³-hybridized carbons (Fsp3) is 0.444. The summed E-state index contributed by atoms with van der Waals surface area (Å²) in [5.41, 5.74) is 3.98. The molecule has 3 aromatic heterocycles. The SMILES string of the molecule is CCCCn1nc(C(=O)CC2CCCCC2)nc1Cc1ccc(-c2cnccc2-c2nnn[nH]2)cc1. The number of carbonyl (C=O) groups excluding carboxylic acids is 1. The Hall–Kier alpha value is -3.75. The van der Waals surface area contributed by atoms with Gasteiger partial charge in [-0.2, -0.15) is 0 Å². The number of Topliss-reactive ketones (excluding diaryl/α,β-unsaturated/α-hetero) is 1. The van der Waals surface area contributed by atoms with Crippen LogP contribution in [0.5, 0.6) is 0 Å². The van der Waals surface area contributed by atoms with Gasteiger partial charge in [-0.25, -0.2) is 14.8 Å². The number of pyridine rings is 1. The van der Waals surface area contributed by atoms with Crippen LogP contribution in [0.4, 0.5) is 0 Å². The van der Waals surface area contributed by atoms with Gasteiger partial charge in [0.05, 0.1) is 0 Å². The standard InChI is InChI=1S/C27H32N8O/c1-2-3-15-35-25(29-27(32-35)24(36)16-19-7-5-4-6-8-19)17-20-9-11-21(12-10-20)23-18-28-14-13-22(23)26-30-33-34-31-26/h9-14,18-19H,2-8,15-17H2,1H3,(H,30,31,33,34). The van der Waals surface area contributed by atoms with Gasteiger partial charge in [0, 0.05) is 42.9 Å². The fourth-order valence-electron chi connectivity index (χ4n) is 4.94. The lowest BCUT2D eigenvalue weighted by molar-refractivity contribution is 0.0939. The molecule has 1 N–H and O–H groups in total. The summed E-state index contributed by atoms with van der Waals surface area (Å²) in [6.07, 6.45) is 12.8. The largest absolute Gasteiger partial charge is 0.291 e. The lowest BCUT2D eigenvalue weighted by Crippen LogP contribution is -2.13. The Balaban J connectivity index is 1.34. The smallest absolute Gasteiger partial charge is 0.217 e. The molecule has 1 aliphatic carbocycles. The molecule has 0 amide bonds. The molecule has 1 aromatic carbocycles. The number of carbonyl (C=O) groups is 1. The lowest BCUT2D eigenvalue weighted by atomic mass is 9.86. The molecule has 1 aliphatic rings. The molecule has 9 heteroatoms. The van der Waals surface area contributed by atoms with Crippen LogP contribution in [0.1, 0.15) is 80.3 Å². The van der Waals surface area contributed by atoms with Gasteiger partial charge in [0.15, 0.2) is 5.82 Å². The maximum Gasteiger partial charge on any atom is 0.217 e. The Bertz CT molecular complexity index is 1270. The zero-order valence-electron chi connectivity index (χ0n) is 20.7. The third-order valence-corrected chi connectivity index (χ3v) is 6.97. The molecule has 0 spiro atoms. The molecule has 1 saturated carbocycles. The maximum absolute atomic E-state index is 13.0. The van der Waals surface area contributed by atoms with E-state index in [9.17, 15) is 4.79 Å². The van der Waals surface area contributed by atoms with Gasteiger partial charge in [-0.3, -0.25) is 9.78 Å². The van der Waals surface area contributed by atoms with Gasteiger partial charge in [0.1, 0.15) is 5.82 Å². The number of H-pyrrole nitrogens is 1. The summed E-state index contributed by atoms with van der Waals surface area (Å²) < 4.78 is 1.93. The van der Waals surface area contributed by atoms with Crippen LogP contribution < -0.4 is 0 Å². The van der Waals surface area contributed by atoms with Gasteiger partial charge in [0.25, 0.3) is 0 Å². The number of aryl methyl sites for hydroxylation is 1. The summed E-state index contributed by atoms with van der Waals surface area (Å²) >= 11 is 0. The molecule has 9 nitrogen and oxygen atoms in total. The van der Waals surface area contributed by atoms with Gasteiger partial charge in [-0.15, -0.1) is 10.2 Å². The first kappa shape index (κ1) is 24.0. The van der Waals surface area contributed by atoms with Crippen LogP contribution >= 0.6 is 0 Å². The molecule has 3 heterocycles. The summed E-state index contributed by atoms with van der Waals surface area (Å²) in [6, 6.07) is 10.2. The minimum atomic E-state index is 0.0831. The van der Waals surface area contributed by atoms with Crippen molar-refractivity contribution in [1.29, 1.82) is 0 Å². The van der Waals surface area contributed by atoms with Crippen LogP contribution in [-0.2, 0) is 13.0 Å². The van der Waals surface area contributed by atoms with Gasteiger partial charge in [-0.1, -0.05) is 69.7 Å². The summed E-state index contributed by atoms with van der Waals surface area (Å²) in [5, 5.41) is 18.9. The summed E-state index contributed by atoms with van der Waals surface area (Å²) in [4.78, 5) is 22.0. The fourth-order valence-corrected chi connectivity index (χ4v) is 4.94. The number of aromatic nitrogens is 8. The van der Waals surface area contributed by atoms with Crippen molar-refractivity contribution in [2.45, 2.75) is 71.3 Å². The summed E-state index contributed by atoms with van der Waals surface area (Å²) in [7, 11) is 0. The van der Waals surface area contributed by atoms with Gasteiger partial charge in [-0.05, 0) is 40.0 Å². The van der Waals surface area contributed by atoms with E-state index in [0.29, 0.717) is 30.4 Å². The number of unbranched alkanes of at least 4 members (excludes halogenated alkanes) is 1. The first-order chi connectivity index (χ1) is 17.7. The average molecular weight is 485 g/mol. The molecule has 5 rings (SSSR count). The molecule has 0 unspecified atom stereocenters. The molecular formula is C27H32N8O. The van der Waals surface area contributed by atoms with Crippen molar-refractivity contribution in [3.05, 3.63) is 59.9 Å². The Morgan fingerprint density at radius 3 is 2.67 bits per heavy atom. The monoisotopic (exact) mass is 484 g/mol. The quantitative estimate of drug-likeness (QED) is 0.313. The molecule has 36 heavy (non-hydrogen) atoms. The van der Waals surface area contributed by atoms with Crippen molar-refractivity contribution in [3.63, 3.8) is 0 Å². The third kappa shape index (κ3) is 5.56. The Morgan fingerprint density at radius 2 is 1.92 bits per heavy atom. The molecule has 0 radical (unpaired) electrons. The van der Waals surface area contributed by atoms with Crippen molar-refractivity contribution in [2.24, 2.45) is 5.92 Å². The number of nitrogens with zero attached hydrogens (tertiary/aromatic N) is 7. The number of aromatic amines is 1. The van der Waals surface area contributed by atoms with E-state index in [1.807, 2.05) is 16.9 Å². The van der Waals surface area contributed by atoms with Crippen LogP contribution in [0, 0.1) is 5.92 Å². The van der Waals surface area contributed by atoms with Gasteiger partial charge in [0.2, 0.25) is 11.6 Å². The topological polar surface area (TPSA) is 115 Å². The number of ketones is 1. The van der Waals surface area contributed by atoms with Crippen molar-refractivity contribution in [1.82, 2.24) is 40.4 Å². The molecule has 186 valence electrons. The Labute approximate surface area is 210 Å². The first-order valence-corrected chi connectivity index (χ1v) is 13.0. The highest BCUT2D eigenvalue weighted by atomic mass is 16.1. The first-order valence-electron chi connectivity index (χ1n) is 13.0. The normalized spacial score (nSPS) is 14.2. The van der Waals surface area contributed by atoms with Crippen LogP contribution in [0.25, 0.3) is 22.5 Å². The Morgan fingerprint density at radius 1 is 1.08 bits per heavy atom. The predicted octanol–water partition coefficient (Wildman–Crippen LogP) is 5.06. The van der Waals surface area contributed by atoms with Crippen molar-refractivity contribution >= 4 is 5.78 Å². The van der Waals surface area contributed by atoms with Crippen LogP contribution in [-0.4, -0.2) is 46.2 Å². The molecular weight excluding hydrogens is 452 g/mol. The number of tetrazole rings is 1. The molecule has 0 bridgehead atoms. The van der Waals surface area contributed by atoms with E-state index in [0.717, 1.165) is 60.3 Å². The van der Waals surface area contributed by atoms with Gasteiger partial charge < -0.3 is 0 Å². The number of nitrogens with one attached hydrogen (secondary N) is 1.